The predicted octanol–water partition coefficient (Wildman–Crippen LogP) is 3.95. The Bertz CT molecular complexity index is 1000. The Labute approximate surface area is 173 Å². The van der Waals surface area contributed by atoms with Gasteiger partial charge in [-0.25, -0.2) is 8.78 Å². The Morgan fingerprint density at radius 1 is 0.967 bits per heavy atom. The van der Waals surface area contributed by atoms with Gasteiger partial charge in [-0.05, 0) is 55.3 Å². The molecule has 4 rings (SSSR count). The molecule has 5 nitrogen and oxygen atoms in total. The summed E-state index contributed by atoms with van der Waals surface area (Å²) < 4.78 is 26.8. The lowest BCUT2D eigenvalue weighted by molar-refractivity contribution is -0.125. The zero-order valence-corrected chi connectivity index (χ0v) is 16.4. The van der Waals surface area contributed by atoms with Crippen molar-refractivity contribution in [3.05, 3.63) is 77.9 Å². The number of nitrogens with zero attached hydrogens (tertiary/aromatic N) is 3. The van der Waals surface area contributed by atoms with E-state index in [-0.39, 0.29) is 30.0 Å². The average Bonchev–Trinajstić information content (AvgIpc) is 2.79. The van der Waals surface area contributed by atoms with Crippen LogP contribution < -0.4 is 10.2 Å². The van der Waals surface area contributed by atoms with Crippen LogP contribution in [0.25, 0.3) is 11.3 Å². The highest BCUT2D eigenvalue weighted by Crippen LogP contribution is 2.24. The van der Waals surface area contributed by atoms with Crippen LogP contribution in [0.3, 0.4) is 0 Å². The molecular weight excluding hydrogens is 386 g/mol. The van der Waals surface area contributed by atoms with Crippen LogP contribution >= 0.6 is 0 Å². The van der Waals surface area contributed by atoms with Gasteiger partial charge in [-0.3, -0.25) is 4.79 Å². The molecule has 0 atom stereocenters. The summed E-state index contributed by atoms with van der Waals surface area (Å²) in [5.41, 5.74) is 1.97. The van der Waals surface area contributed by atoms with Gasteiger partial charge >= 0.3 is 0 Å². The highest BCUT2D eigenvalue weighted by atomic mass is 19.1. The molecule has 1 N–H and O–H groups in total. The molecule has 0 bridgehead atoms. The molecule has 1 aliphatic heterocycles. The number of piperidine rings is 1. The second kappa shape index (κ2) is 8.98. The minimum atomic E-state index is -0.310. The largest absolute Gasteiger partial charge is 0.355 e. The number of aromatic nitrogens is 2. The molecule has 2 aromatic carbocycles. The summed E-state index contributed by atoms with van der Waals surface area (Å²) in [6, 6.07) is 16.3. The van der Waals surface area contributed by atoms with Crippen molar-refractivity contribution >= 4 is 11.7 Å². The van der Waals surface area contributed by atoms with Gasteiger partial charge in [0.2, 0.25) is 5.91 Å². The first-order chi connectivity index (χ1) is 14.6. The number of amides is 1. The van der Waals surface area contributed by atoms with E-state index < -0.39 is 0 Å². The molecule has 154 valence electrons. The predicted molar refractivity (Wildman–Crippen MR) is 111 cm³/mol. The zero-order chi connectivity index (χ0) is 20.9. The molecule has 0 spiro atoms. The summed E-state index contributed by atoms with van der Waals surface area (Å²) >= 11 is 0. The van der Waals surface area contributed by atoms with E-state index in [2.05, 4.69) is 20.4 Å². The number of carbonyl (C=O) groups is 1. The van der Waals surface area contributed by atoms with Crippen molar-refractivity contribution in [2.75, 3.05) is 18.0 Å². The molecule has 1 aliphatic rings. The Morgan fingerprint density at radius 2 is 1.70 bits per heavy atom. The molecule has 1 amide bonds. The molecular formula is C23H22F2N4O. The van der Waals surface area contributed by atoms with E-state index in [9.17, 15) is 13.6 Å². The first-order valence-corrected chi connectivity index (χ1v) is 9.96. The quantitative estimate of drug-likeness (QED) is 0.695. The lowest BCUT2D eigenvalue weighted by Gasteiger charge is -2.31. The Kier molecular flexibility index (Phi) is 5.97. The summed E-state index contributed by atoms with van der Waals surface area (Å²) in [5, 5.41) is 11.4. The minimum absolute atomic E-state index is 0.0457. The van der Waals surface area contributed by atoms with Crippen LogP contribution in [-0.4, -0.2) is 29.2 Å². The third-order valence-corrected chi connectivity index (χ3v) is 5.39. The van der Waals surface area contributed by atoms with Crippen molar-refractivity contribution in [2.24, 2.45) is 5.92 Å². The van der Waals surface area contributed by atoms with Crippen LogP contribution in [-0.2, 0) is 11.3 Å². The number of benzene rings is 2. The second-order valence-electron chi connectivity index (χ2n) is 7.35. The summed E-state index contributed by atoms with van der Waals surface area (Å²) in [5.74, 6) is 0.0145. The fraction of sp³-hybridized carbons (Fsp3) is 0.261. The number of rotatable bonds is 5. The van der Waals surface area contributed by atoms with Crippen LogP contribution in [0.15, 0.2) is 60.7 Å². The SMILES string of the molecule is O=C(NCc1ccccc1F)C1CCN(c2ccc(-c3ccc(F)cc3)nn2)CC1. The van der Waals surface area contributed by atoms with Crippen molar-refractivity contribution in [2.45, 2.75) is 19.4 Å². The van der Waals surface area contributed by atoms with Crippen LogP contribution in [0.1, 0.15) is 18.4 Å². The van der Waals surface area contributed by atoms with E-state index in [0.717, 1.165) is 11.4 Å². The average molecular weight is 408 g/mol. The normalized spacial score (nSPS) is 14.5. The highest BCUT2D eigenvalue weighted by Gasteiger charge is 2.25. The Balaban J connectivity index is 1.30. The van der Waals surface area contributed by atoms with E-state index in [1.54, 1.807) is 30.3 Å². The maximum absolute atomic E-state index is 13.7. The number of hydrogen-bond acceptors (Lipinski definition) is 4. The van der Waals surface area contributed by atoms with E-state index in [0.29, 0.717) is 37.2 Å². The molecule has 0 radical (unpaired) electrons. The summed E-state index contributed by atoms with van der Waals surface area (Å²) in [4.78, 5) is 14.5. The molecule has 0 unspecified atom stereocenters. The number of anilines is 1. The van der Waals surface area contributed by atoms with Gasteiger partial charge < -0.3 is 10.2 Å². The van der Waals surface area contributed by atoms with Gasteiger partial charge in [0.15, 0.2) is 5.82 Å². The van der Waals surface area contributed by atoms with Crippen molar-refractivity contribution in [3.63, 3.8) is 0 Å². The van der Waals surface area contributed by atoms with Crippen LogP contribution in [0.5, 0.6) is 0 Å². The summed E-state index contributed by atoms with van der Waals surface area (Å²) in [6.45, 7) is 1.59. The number of halogens is 2. The maximum atomic E-state index is 13.7. The van der Waals surface area contributed by atoms with Gasteiger partial charge in [0, 0.05) is 36.7 Å². The fourth-order valence-electron chi connectivity index (χ4n) is 3.61. The summed E-state index contributed by atoms with van der Waals surface area (Å²) in [6.07, 6.45) is 1.40. The van der Waals surface area contributed by atoms with Crippen LogP contribution in [0, 0.1) is 17.6 Å². The molecule has 1 saturated heterocycles. The first kappa shape index (κ1) is 19.9. The van der Waals surface area contributed by atoms with Gasteiger partial charge in [0.05, 0.1) is 5.69 Å². The topological polar surface area (TPSA) is 58.1 Å². The highest BCUT2D eigenvalue weighted by molar-refractivity contribution is 5.79. The second-order valence-corrected chi connectivity index (χ2v) is 7.35. The van der Waals surface area contributed by atoms with Crippen molar-refractivity contribution < 1.29 is 13.6 Å². The number of hydrogen-bond donors (Lipinski definition) is 1. The van der Waals surface area contributed by atoms with E-state index in [1.165, 1.54) is 18.2 Å². The van der Waals surface area contributed by atoms with E-state index in [1.807, 2.05) is 12.1 Å². The molecule has 30 heavy (non-hydrogen) atoms. The molecule has 1 fully saturated rings. The van der Waals surface area contributed by atoms with Crippen LogP contribution in [0.4, 0.5) is 14.6 Å². The zero-order valence-electron chi connectivity index (χ0n) is 16.4. The maximum Gasteiger partial charge on any atom is 0.223 e. The minimum Gasteiger partial charge on any atom is -0.355 e. The Morgan fingerprint density at radius 3 is 2.37 bits per heavy atom. The third-order valence-electron chi connectivity index (χ3n) is 5.39. The summed E-state index contributed by atoms with van der Waals surface area (Å²) in [7, 11) is 0. The number of nitrogens with one attached hydrogen (secondary N) is 1. The van der Waals surface area contributed by atoms with Gasteiger partial charge in [0.1, 0.15) is 11.6 Å². The molecule has 1 aromatic heterocycles. The van der Waals surface area contributed by atoms with Gasteiger partial charge in [0.25, 0.3) is 0 Å². The first-order valence-electron chi connectivity index (χ1n) is 9.96. The molecule has 3 aromatic rings. The third kappa shape index (κ3) is 4.62. The monoisotopic (exact) mass is 408 g/mol. The standard InChI is InChI=1S/C23H22F2N4O/c24-19-7-5-16(6-8-19)21-9-10-22(28-27-21)29-13-11-17(12-14-29)23(30)26-15-18-3-1-2-4-20(18)25/h1-10,17H,11-15H2,(H,26,30). The molecule has 0 saturated carbocycles. The smallest absolute Gasteiger partial charge is 0.223 e. The van der Waals surface area contributed by atoms with Crippen LogP contribution in [0.2, 0.25) is 0 Å². The number of carbonyl (C=O) groups excluding carboxylic acids is 1. The van der Waals surface area contributed by atoms with Gasteiger partial charge in [-0.1, -0.05) is 18.2 Å². The van der Waals surface area contributed by atoms with Crippen molar-refractivity contribution in [1.82, 2.24) is 15.5 Å². The van der Waals surface area contributed by atoms with Crippen molar-refractivity contribution in [1.29, 1.82) is 0 Å². The lowest BCUT2D eigenvalue weighted by Crippen LogP contribution is -2.40. The van der Waals surface area contributed by atoms with Gasteiger partial charge in [-0.2, -0.15) is 0 Å². The van der Waals surface area contributed by atoms with Gasteiger partial charge in [-0.15, -0.1) is 10.2 Å². The molecule has 0 aliphatic carbocycles. The fourth-order valence-corrected chi connectivity index (χ4v) is 3.61. The van der Waals surface area contributed by atoms with E-state index >= 15 is 0 Å². The lowest BCUT2D eigenvalue weighted by atomic mass is 9.96. The van der Waals surface area contributed by atoms with Crippen molar-refractivity contribution in [3.8, 4) is 11.3 Å². The molecule has 2 heterocycles. The van der Waals surface area contributed by atoms with E-state index in [4.69, 9.17) is 0 Å². The molecule has 7 heteroatoms. The Hall–Kier alpha value is -3.35.